The summed E-state index contributed by atoms with van der Waals surface area (Å²) in [5.74, 6) is 1.85. The molecule has 1 saturated carbocycles. The topological polar surface area (TPSA) is 95.9 Å². The van der Waals surface area contributed by atoms with Gasteiger partial charge in [0.1, 0.15) is 5.76 Å². The lowest BCUT2D eigenvalue weighted by atomic mass is 9.95. The van der Waals surface area contributed by atoms with Crippen LogP contribution in [-0.2, 0) is 6.42 Å². The average molecular weight is 361 g/mol. The summed E-state index contributed by atoms with van der Waals surface area (Å²) in [4.78, 5) is 17.8. The Morgan fingerprint density at radius 1 is 1.15 bits per heavy atom. The summed E-state index contributed by atoms with van der Waals surface area (Å²) in [7, 11) is 0. The Bertz CT molecular complexity index is 573. The summed E-state index contributed by atoms with van der Waals surface area (Å²) < 4.78 is 5.39. The minimum atomic E-state index is -0.323. The molecule has 1 saturated heterocycles. The summed E-state index contributed by atoms with van der Waals surface area (Å²) in [6, 6.07) is 4.39. The maximum Gasteiger partial charge on any atom is 0.314 e. The van der Waals surface area contributed by atoms with Crippen molar-refractivity contribution in [3.8, 4) is 0 Å². The zero-order valence-corrected chi connectivity index (χ0v) is 15.5. The van der Waals surface area contributed by atoms with Crippen LogP contribution in [0.2, 0.25) is 0 Å². The van der Waals surface area contributed by atoms with Crippen molar-refractivity contribution in [1.82, 2.24) is 15.5 Å². The summed E-state index contributed by atoms with van der Waals surface area (Å²) in [5.41, 5.74) is 5.37. The molecular weight excluding hydrogens is 330 g/mol. The average Bonchev–Trinajstić information content (AvgIpc) is 3.16. The molecule has 3 rings (SSSR count). The van der Waals surface area contributed by atoms with Gasteiger partial charge in [0.15, 0.2) is 5.96 Å². The number of piperidine rings is 1. The molecule has 0 unspecified atom stereocenters. The van der Waals surface area contributed by atoms with E-state index in [2.05, 4.69) is 10.6 Å². The van der Waals surface area contributed by atoms with E-state index in [1.54, 1.807) is 11.2 Å². The molecule has 1 aromatic heterocycles. The highest BCUT2D eigenvalue weighted by Crippen LogP contribution is 2.17. The largest absolute Gasteiger partial charge is 0.469 e. The van der Waals surface area contributed by atoms with Crippen molar-refractivity contribution >= 4 is 12.0 Å². The third-order valence-electron chi connectivity index (χ3n) is 5.30. The lowest BCUT2D eigenvalue weighted by molar-refractivity contribution is 0.188. The number of carbonyl (C=O) groups is 1. The van der Waals surface area contributed by atoms with Crippen molar-refractivity contribution in [2.45, 2.75) is 63.5 Å². The highest BCUT2D eigenvalue weighted by Gasteiger charge is 2.23. The van der Waals surface area contributed by atoms with Gasteiger partial charge in [-0.05, 0) is 37.8 Å². The first-order valence-electron chi connectivity index (χ1n) is 9.85. The molecule has 2 fully saturated rings. The van der Waals surface area contributed by atoms with Gasteiger partial charge in [-0.1, -0.05) is 19.3 Å². The molecule has 0 spiro atoms. The third-order valence-corrected chi connectivity index (χ3v) is 5.30. The molecule has 7 heteroatoms. The van der Waals surface area contributed by atoms with Crippen molar-refractivity contribution in [3.63, 3.8) is 0 Å². The summed E-state index contributed by atoms with van der Waals surface area (Å²) in [6.45, 7) is 2.10. The second-order valence-corrected chi connectivity index (χ2v) is 7.28. The van der Waals surface area contributed by atoms with Gasteiger partial charge in [0.05, 0.1) is 6.26 Å². The highest BCUT2D eigenvalue weighted by molar-refractivity contribution is 5.80. The maximum absolute atomic E-state index is 11.3. The molecular formula is C19H31N5O2. The zero-order chi connectivity index (χ0) is 18.2. The van der Waals surface area contributed by atoms with Crippen LogP contribution >= 0.6 is 0 Å². The Morgan fingerprint density at radius 3 is 2.46 bits per heavy atom. The van der Waals surface area contributed by atoms with Gasteiger partial charge in [0.2, 0.25) is 0 Å². The van der Waals surface area contributed by atoms with E-state index in [9.17, 15) is 4.79 Å². The number of nitrogens with zero attached hydrogens (tertiary/aromatic N) is 2. The number of nitrogens with one attached hydrogen (secondary N) is 2. The standard InChI is InChI=1S/C19H31N5O2/c20-18(25)24-12-9-16(10-13-24)23-19(22-15-5-2-1-3-6-15)21-11-8-17-7-4-14-26-17/h4,7,14-16H,1-3,5-6,8-13H2,(H2,20,25)(H2,21,22,23). The number of rotatable bonds is 5. The van der Waals surface area contributed by atoms with Crippen LogP contribution in [0.4, 0.5) is 4.79 Å². The van der Waals surface area contributed by atoms with Crippen LogP contribution in [0.15, 0.2) is 27.8 Å². The number of furan rings is 1. The molecule has 0 aromatic carbocycles. The number of aliphatic imine (C=N–C) groups is 1. The number of hydrogen-bond acceptors (Lipinski definition) is 3. The minimum absolute atomic E-state index is 0.323. The minimum Gasteiger partial charge on any atom is -0.469 e. The van der Waals surface area contributed by atoms with E-state index in [1.165, 1.54) is 32.1 Å². The number of likely N-dealkylation sites (tertiary alicyclic amines) is 1. The van der Waals surface area contributed by atoms with Gasteiger partial charge in [0.25, 0.3) is 0 Å². The summed E-state index contributed by atoms with van der Waals surface area (Å²) in [5, 5.41) is 7.19. The Labute approximate surface area is 155 Å². The lowest BCUT2D eigenvalue weighted by Gasteiger charge is -2.33. The quantitative estimate of drug-likeness (QED) is 0.553. The molecule has 2 amide bonds. The van der Waals surface area contributed by atoms with E-state index >= 15 is 0 Å². The van der Waals surface area contributed by atoms with E-state index in [0.29, 0.717) is 31.7 Å². The van der Waals surface area contributed by atoms with Gasteiger partial charge < -0.3 is 25.7 Å². The maximum atomic E-state index is 11.3. The van der Waals surface area contributed by atoms with Gasteiger partial charge in [-0.25, -0.2) is 4.79 Å². The molecule has 0 atom stereocenters. The Hall–Kier alpha value is -2.18. The van der Waals surface area contributed by atoms with Gasteiger partial charge in [0, 0.05) is 38.1 Å². The Morgan fingerprint density at radius 2 is 1.85 bits per heavy atom. The number of guanidine groups is 1. The smallest absolute Gasteiger partial charge is 0.314 e. The molecule has 4 N–H and O–H groups in total. The Kier molecular flexibility index (Phi) is 6.80. The van der Waals surface area contributed by atoms with Crippen LogP contribution in [0, 0.1) is 0 Å². The van der Waals surface area contributed by atoms with E-state index in [0.717, 1.165) is 31.0 Å². The second-order valence-electron chi connectivity index (χ2n) is 7.28. The second kappa shape index (κ2) is 9.50. The van der Waals surface area contributed by atoms with Crippen molar-refractivity contribution in [3.05, 3.63) is 24.2 Å². The van der Waals surface area contributed by atoms with E-state index in [1.807, 2.05) is 12.1 Å². The lowest BCUT2D eigenvalue weighted by Crippen LogP contribution is -2.52. The molecule has 26 heavy (non-hydrogen) atoms. The van der Waals surface area contributed by atoms with Crippen molar-refractivity contribution < 1.29 is 9.21 Å². The van der Waals surface area contributed by atoms with Crippen molar-refractivity contribution in [2.24, 2.45) is 10.7 Å². The van der Waals surface area contributed by atoms with Crippen LogP contribution in [0.25, 0.3) is 0 Å². The highest BCUT2D eigenvalue weighted by atomic mass is 16.3. The SMILES string of the molecule is NC(=O)N1CCC(NC(=NCCc2ccco2)NC2CCCCC2)CC1. The van der Waals surface area contributed by atoms with Crippen molar-refractivity contribution in [1.29, 1.82) is 0 Å². The summed E-state index contributed by atoms with van der Waals surface area (Å²) in [6.07, 6.45) is 10.6. The molecule has 1 aliphatic carbocycles. The fraction of sp³-hybridized carbons (Fsp3) is 0.684. The molecule has 144 valence electrons. The number of nitrogens with two attached hydrogens (primary N) is 1. The van der Waals surface area contributed by atoms with E-state index in [-0.39, 0.29) is 6.03 Å². The van der Waals surface area contributed by atoms with Crippen LogP contribution in [-0.4, -0.2) is 48.6 Å². The first-order valence-corrected chi connectivity index (χ1v) is 9.85. The summed E-state index contributed by atoms with van der Waals surface area (Å²) >= 11 is 0. The zero-order valence-electron chi connectivity index (χ0n) is 15.5. The Balaban J connectivity index is 1.54. The molecule has 1 aromatic rings. The van der Waals surface area contributed by atoms with Gasteiger partial charge >= 0.3 is 6.03 Å². The van der Waals surface area contributed by atoms with Crippen LogP contribution in [0.3, 0.4) is 0 Å². The first kappa shape index (κ1) is 18.6. The van der Waals surface area contributed by atoms with Gasteiger partial charge in [-0.2, -0.15) is 0 Å². The molecule has 7 nitrogen and oxygen atoms in total. The number of carbonyl (C=O) groups excluding carboxylic acids is 1. The molecule has 2 aliphatic rings. The molecule has 1 aliphatic heterocycles. The predicted molar refractivity (Wildman–Crippen MR) is 102 cm³/mol. The van der Waals surface area contributed by atoms with Crippen LogP contribution in [0.5, 0.6) is 0 Å². The van der Waals surface area contributed by atoms with E-state index in [4.69, 9.17) is 15.1 Å². The number of hydrogen-bond donors (Lipinski definition) is 3. The van der Waals surface area contributed by atoms with Crippen molar-refractivity contribution in [2.75, 3.05) is 19.6 Å². The third kappa shape index (κ3) is 5.68. The first-order chi connectivity index (χ1) is 12.7. The number of amides is 2. The molecule has 2 heterocycles. The van der Waals surface area contributed by atoms with Gasteiger partial charge in [-0.3, -0.25) is 4.99 Å². The fourth-order valence-electron chi connectivity index (χ4n) is 3.74. The van der Waals surface area contributed by atoms with E-state index < -0.39 is 0 Å². The predicted octanol–water partition coefficient (Wildman–Crippen LogP) is 2.23. The monoisotopic (exact) mass is 361 g/mol. The van der Waals surface area contributed by atoms with Gasteiger partial charge in [-0.15, -0.1) is 0 Å². The number of primary amides is 1. The molecule has 0 radical (unpaired) electrons. The molecule has 0 bridgehead atoms. The van der Waals surface area contributed by atoms with Crippen LogP contribution < -0.4 is 16.4 Å². The number of urea groups is 1. The fourth-order valence-corrected chi connectivity index (χ4v) is 3.74. The normalized spacial score (nSPS) is 20.2. The van der Waals surface area contributed by atoms with Crippen LogP contribution in [0.1, 0.15) is 50.7 Å².